The summed E-state index contributed by atoms with van der Waals surface area (Å²) < 4.78 is 36.8. The van der Waals surface area contributed by atoms with Gasteiger partial charge in [-0.25, -0.2) is 0 Å². The molecule has 0 saturated heterocycles. The average molecular weight is 1190 g/mol. The van der Waals surface area contributed by atoms with Gasteiger partial charge in [0, 0.05) is 34.1 Å². The van der Waals surface area contributed by atoms with Crippen molar-refractivity contribution < 1.29 is 28.0 Å². The van der Waals surface area contributed by atoms with E-state index in [1.807, 2.05) is 48.5 Å². The third kappa shape index (κ3) is 14.6. The predicted octanol–water partition coefficient (Wildman–Crippen LogP) is 20.8. The first-order valence-corrected chi connectivity index (χ1v) is 35.6. The summed E-state index contributed by atoms with van der Waals surface area (Å²) >= 11 is 0. The van der Waals surface area contributed by atoms with E-state index in [0.29, 0.717) is 0 Å². The monoisotopic (exact) mass is 1190 g/mol. The summed E-state index contributed by atoms with van der Waals surface area (Å²) in [6.45, 7) is 36.3. The maximum atomic E-state index is 7.19. The summed E-state index contributed by atoms with van der Waals surface area (Å²) in [5.41, 5.74) is 13.5. The minimum absolute atomic E-state index is 0.00404. The molecule has 0 bridgehead atoms. The molecule has 12 heteroatoms. The molecule has 452 valence electrons. The summed E-state index contributed by atoms with van der Waals surface area (Å²) in [6.07, 6.45) is 0. The van der Waals surface area contributed by atoms with Gasteiger partial charge in [-0.1, -0.05) is 90.1 Å². The van der Waals surface area contributed by atoms with Crippen LogP contribution in [0.3, 0.4) is 0 Å². The summed E-state index contributed by atoms with van der Waals surface area (Å²) in [4.78, 5) is 4.51. The molecule has 0 amide bonds. The molecule has 0 heterocycles. The zero-order valence-electron chi connectivity index (χ0n) is 54.7. The Morgan fingerprint density at radius 1 is 0.267 bits per heavy atom. The summed E-state index contributed by atoms with van der Waals surface area (Å²) in [5.74, 6) is 3.14. The molecule has 0 spiro atoms. The number of hydrogen-bond acceptors (Lipinski definition) is 10. The molecule has 8 rings (SSSR count). The number of anilines is 8. The minimum Gasteiger partial charge on any atom is -0.497 e. The zero-order chi connectivity index (χ0) is 62.6. The lowest BCUT2D eigenvalue weighted by Crippen LogP contribution is -2.52. The highest BCUT2D eigenvalue weighted by atomic mass is 28.4. The number of nitrogens with zero attached hydrogens (tertiary/aromatic N) is 4. The Balaban J connectivity index is 1.40. The molecule has 0 radical (unpaired) electrons. The van der Waals surface area contributed by atoms with Crippen molar-refractivity contribution in [3.05, 3.63) is 216 Å². The molecule has 0 fully saturated rings. The van der Waals surface area contributed by atoms with Crippen LogP contribution in [0.5, 0.6) is 23.0 Å². The Morgan fingerprint density at radius 3 is 0.605 bits per heavy atom. The Labute approximate surface area is 516 Å². The van der Waals surface area contributed by atoms with Crippen LogP contribution in [0, 0.1) is 0 Å². The van der Waals surface area contributed by atoms with Gasteiger partial charge >= 0.3 is 0 Å². The first kappa shape index (κ1) is 64.3. The molecule has 0 atom stereocenters. The van der Waals surface area contributed by atoms with E-state index >= 15 is 0 Å². The van der Waals surface area contributed by atoms with Crippen LogP contribution >= 0.6 is 0 Å². The largest absolute Gasteiger partial charge is 0.497 e. The number of ether oxygens (including phenoxy) is 4. The summed E-state index contributed by atoms with van der Waals surface area (Å²) in [5, 5.41) is 4.27. The van der Waals surface area contributed by atoms with Gasteiger partial charge in [0.25, 0.3) is 0 Å². The Bertz CT molecular complexity index is 3190. The van der Waals surface area contributed by atoms with E-state index in [0.717, 1.165) is 102 Å². The van der Waals surface area contributed by atoms with Crippen LogP contribution < -0.4 is 38.9 Å². The van der Waals surface area contributed by atoms with Gasteiger partial charge in [-0.3, -0.25) is 10.1 Å². The van der Waals surface area contributed by atoms with Gasteiger partial charge in [0.1, 0.15) is 23.0 Å². The normalized spacial score (nSPS) is 12.7. The molecular formula is C74H92N4O6Si2. The second kappa shape index (κ2) is 25.7. The van der Waals surface area contributed by atoms with Crippen LogP contribution in [0.4, 0.5) is 45.5 Å². The number of hydrogen-bond donors (Lipinski definition) is 0. The van der Waals surface area contributed by atoms with Gasteiger partial charge in [-0.05, 0) is 257 Å². The molecule has 8 aromatic carbocycles. The smallest absolute Gasteiger partial charge is 0.228 e. The fraction of sp³-hybridized carbons (Fsp3) is 0.324. The lowest BCUT2D eigenvalue weighted by molar-refractivity contribution is 0.185. The van der Waals surface area contributed by atoms with Gasteiger partial charge in [0.05, 0.1) is 50.9 Å². The van der Waals surface area contributed by atoms with Gasteiger partial charge < -0.3 is 37.8 Å². The first-order chi connectivity index (χ1) is 40.5. The molecule has 0 aliphatic rings. The van der Waals surface area contributed by atoms with Crippen LogP contribution in [0.2, 0.25) is 36.3 Å². The maximum Gasteiger partial charge on any atom is 0.228 e. The van der Waals surface area contributed by atoms with E-state index in [4.69, 9.17) is 28.0 Å². The van der Waals surface area contributed by atoms with Crippen LogP contribution in [-0.4, -0.2) is 56.2 Å². The van der Waals surface area contributed by atoms with Crippen molar-refractivity contribution in [2.45, 2.75) is 130 Å². The van der Waals surface area contributed by atoms with Gasteiger partial charge in [-0.15, -0.1) is 0 Å². The van der Waals surface area contributed by atoms with Gasteiger partial charge in [0.2, 0.25) is 16.6 Å². The molecule has 0 saturated carbocycles. The predicted molar refractivity (Wildman–Crippen MR) is 367 cm³/mol. The molecule has 0 aliphatic heterocycles. The first-order valence-electron chi connectivity index (χ1n) is 29.8. The van der Waals surface area contributed by atoms with Crippen LogP contribution in [-0.2, 0) is 9.05 Å². The van der Waals surface area contributed by atoms with E-state index in [9.17, 15) is 0 Å². The number of benzene rings is 8. The number of methoxy groups -OCH3 is 4. The minimum atomic E-state index is -2.27. The molecule has 0 aliphatic carbocycles. The van der Waals surface area contributed by atoms with Crippen LogP contribution in [0.25, 0.3) is 11.1 Å². The van der Waals surface area contributed by atoms with Crippen molar-refractivity contribution in [3.8, 4) is 23.0 Å². The van der Waals surface area contributed by atoms with Crippen molar-refractivity contribution in [1.82, 2.24) is 0 Å². The quantitative estimate of drug-likeness (QED) is 0.0419. The van der Waals surface area contributed by atoms with Crippen molar-refractivity contribution in [1.29, 1.82) is 0 Å². The van der Waals surface area contributed by atoms with E-state index in [1.165, 1.54) is 0 Å². The van der Waals surface area contributed by atoms with Gasteiger partial charge in [-0.2, -0.15) is 0 Å². The highest BCUT2D eigenvalue weighted by molar-refractivity contribution is 6.74. The Hall–Kier alpha value is -7.75. The number of hydroxylamine groups is 2. The summed E-state index contributed by atoms with van der Waals surface area (Å²) in [6, 6.07) is 68.6. The SMILES string of the molecule is COc1ccc(N(c2ccc(OC)cc2)c2ccc(/C(=C(\c3ccc(N(c4ccc(OC)cc4)c4ccc(OC)cc4)cc3)c3ccc(N(O[Si](C)(C)C(C)(C)C)C(C)(C)C)cc3)c3ccc(N(O[Si](C)(C)C(C)(C)C)C(C)(C)C)cc3)cc2)cc1. The average Bonchev–Trinajstić information content (AvgIpc) is 1.36. The standard InChI is InChI=1S/C74H92N4O6Si2/c1-71(2,3)77(83-85(17,18)73(7,8)9)63-33-25-55(26-34-63)69(53-21-29-57(30-22-53)75(59-37-45-65(79-13)46-38-59)60-39-47-66(80-14)48-40-60)70(56-27-35-64(36-28-56)78(72(4,5)6)84-86(19,20)74(10,11)12)54-23-31-58(32-24-54)76(61-41-49-67(81-15)50-42-61)62-43-51-68(82-16)52-44-62/h21-52H,1-20H3/b70-69-. The Morgan fingerprint density at radius 2 is 0.442 bits per heavy atom. The molecule has 8 aromatic rings. The van der Waals surface area contributed by atoms with Gasteiger partial charge in [0.15, 0.2) is 0 Å². The topological polar surface area (TPSA) is 68.3 Å². The molecule has 0 aromatic heterocycles. The Kier molecular flexibility index (Phi) is 19.2. The fourth-order valence-corrected chi connectivity index (χ4v) is 11.9. The molecule has 86 heavy (non-hydrogen) atoms. The third-order valence-electron chi connectivity index (χ3n) is 16.7. The zero-order valence-corrected chi connectivity index (χ0v) is 56.7. The van der Waals surface area contributed by atoms with Crippen LogP contribution in [0.1, 0.15) is 105 Å². The highest BCUT2D eigenvalue weighted by Crippen LogP contribution is 2.46. The lowest BCUT2D eigenvalue weighted by atomic mass is 9.85. The molecule has 10 nitrogen and oxygen atoms in total. The van der Waals surface area contributed by atoms with Crippen molar-refractivity contribution in [2.75, 3.05) is 48.4 Å². The third-order valence-corrected chi connectivity index (χ3v) is 25.2. The molecule has 0 unspecified atom stereocenters. The number of rotatable bonds is 20. The molecular weight excluding hydrogens is 1100 g/mol. The van der Waals surface area contributed by atoms with Crippen molar-refractivity contribution >= 4 is 73.3 Å². The van der Waals surface area contributed by atoms with E-state index < -0.39 is 16.6 Å². The van der Waals surface area contributed by atoms with E-state index in [2.05, 4.69) is 275 Å². The summed E-state index contributed by atoms with van der Waals surface area (Å²) in [7, 11) is 2.24. The van der Waals surface area contributed by atoms with E-state index in [1.54, 1.807) is 28.4 Å². The fourth-order valence-electron chi connectivity index (χ4n) is 9.70. The second-order valence-electron chi connectivity index (χ2n) is 27.0. The van der Waals surface area contributed by atoms with Crippen LogP contribution in [0.15, 0.2) is 194 Å². The second-order valence-corrected chi connectivity index (χ2v) is 36.4. The van der Waals surface area contributed by atoms with Crippen molar-refractivity contribution in [3.63, 3.8) is 0 Å². The molecule has 0 N–H and O–H groups in total. The van der Waals surface area contributed by atoms with E-state index in [-0.39, 0.29) is 21.2 Å². The maximum absolute atomic E-state index is 7.19. The lowest BCUT2D eigenvalue weighted by Gasteiger charge is -2.45. The van der Waals surface area contributed by atoms with Crippen molar-refractivity contribution in [2.24, 2.45) is 0 Å². The highest BCUT2D eigenvalue weighted by Gasteiger charge is 2.43.